The minimum Gasteiger partial charge on any atom is -0.468 e. The van der Waals surface area contributed by atoms with Gasteiger partial charge in [0.1, 0.15) is 5.25 Å². The van der Waals surface area contributed by atoms with Gasteiger partial charge < -0.3 is 4.74 Å². The lowest BCUT2D eigenvalue weighted by molar-refractivity contribution is -0.139. The summed E-state index contributed by atoms with van der Waals surface area (Å²) in [6.07, 6.45) is 0. The van der Waals surface area contributed by atoms with Crippen LogP contribution in [0.5, 0.6) is 0 Å². The van der Waals surface area contributed by atoms with Crippen LogP contribution in [0.1, 0.15) is 0 Å². The molecule has 0 aromatic heterocycles. The molecule has 0 aromatic carbocycles. The number of hydrogen-bond donors (Lipinski definition) is 0. The predicted octanol–water partition coefficient (Wildman–Crippen LogP) is 1.01. The topological polar surface area (TPSA) is 26.3 Å². The van der Waals surface area contributed by atoms with Crippen LogP contribution in [0, 0.1) is 0 Å². The maximum atomic E-state index is 10.9. The summed E-state index contributed by atoms with van der Waals surface area (Å²) in [7, 11) is 1.45. The maximum absolute atomic E-state index is 10.9. The van der Waals surface area contributed by atoms with Crippen molar-refractivity contribution in [3.63, 3.8) is 0 Å². The van der Waals surface area contributed by atoms with Gasteiger partial charge in [0.15, 0.2) is 0 Å². The number of ether oxygens (including phenoxy) is 1. The van der Waals surface area contributed by atoms with E-state index in [-0.39, 0.29) is 11.2 Å². The Morgan fingerprint density at radius 1 is 1.60 bits per heavy atom. The molecule has 1 saturated heterocycles. The highest BCUT2D eigenvalue weighted by molar-refractivity contribution is 8.07. The van der Waals surface area contributed by atoms with Gasteiger partial charge in [0, 0.05) is 17.3 Å². The first-order chi connectivity index (χ1) is 4.84. The van der Waals surface area contributed by atoms with Crippen molar-refractivity contribution < 1.29 is 9.53 Å². The molecule has 0 amide bonds. The first kappa shape index (κ1) is 8.27. The van der Waals surface area contributed by atoms with Crippen molar-refractivity contribution in [2.75, 3.05) is 24.4 Å². The number of carbonyl (C=O) groups is 1. The molecule has 0 N–H and O–H groups in total. The third-order valence-corrected chi connectivity index (χ3v) is 4.01. The Balaban J connectivity index is 2.31. The number of esters is 1. The summed E-state index contributed by atoms with van der Waals surface area (Å²) in [5, 5.41) is 0.0868. The zero-order chi connectivity index (χ0) is 7.40. The second-order valence-electron chi connectivity index (χ2n) is 1.96. The minimum atomic E-state index is -0.0720. The van der Waals surface area contributed by atoms with Crippen LogP contribution in [0.25, 0.3) is 0 Å². The third-order valence-electron chi connectivity index (χ3n) is 1.28. The van der Waals surface area contributed by atoms with E-state index in [9.17, 15) is 4.79 Å². The second kappa shape index (κ2) is 4.13. The number of hydrogen-bond acceptors (Lipinski definition) is 4. The normalized spacial score (nSPS) is 25.9. The first-order valence-electron chi connectivity index (χ1n) is 3.12. The molecule has 0 aliphatic carbocycles. The Labute approximate surface area is 69.1 Å². The molecule has 4 heteroatoms. The molecule has 0 saturated carbocycles. The molecule has 2 nitrogen and oxygen atoms in total. The van der Waals surface area contributed by atoms with E-state index in [2.05, 4.69) is 4.74 Å². The Hall–Kier alpha value is 0.170. The Kier molecular flexibility index (Phi) is 3.42. The molecule has 58 valence electrons. The van der Waals surface area contributed by atoms with Gasteiger partial charge in [-0.25, -0.2) is 0 Å². The van der Waals surface area contributed by atoms with Gasteiger partial charge in [0.05, 0.1) is 7.11 Å². The zero-order valence-electron chi connectivity index (χ0n) is 5.83. The van der Waals surface area contributed by atoms with Crippen LogP contribution in [0.2, 0.25) is 0 Å². The van der Waals surface area contributed by atoms with Gasteiger partial charge in [-0.15, -0.1) is 11.8 Å². The van der Waals surface area contributed by atoms with Crippen molar-refractivity contribution >= 4 is 29.5 Å². The molecular formula is C6H10O2S2. The van der Waals surface area contributed by atoms with Crippen LogP contribution in [0.4, 0.5) is 0 Å². The maximum Gasteiger partial charge on any atom is 0.319 e. The molecule has 1 aliphatic rings. The van der Waals surface area contributed by atoms with E-state index in [4.69, 9.17) is 0 Å². The van der Waals surface area contributed by atoms with Crippen molar-refractivity contribution in [3.8, 4) is 0 Å². The van der Waals surface area contributed by atoms with Crippen LogP contribution in [0.3, 0.4) is 0 Å². The lowest BCUT2D eigenvalue weighted by atomic mass is 10.5. The van der Waals surface area contributed by atoms with Crippen LogP contribution in [0.15, 0.2) is 0 Å². The van der Waals surface area contributed by atoms with Gasteiger partial charge in [-0.05, 0) is 0 Å². The summed E-state index contributed by atoms with van der Waals surface area (Å²) in [4.78, 5) is 10.9. The molecule has 0 spiro atoms. The highest BCUT2D eigenvalue weighted by Gasteiger charge is 2.22. The minimum absolute atomic E-state index is 0.0720. The van der Waals surface area contributed by atoms with Crippen LogP contribution < -0.4 is 0 Å². The van der Waals surface area contributed by atoms with Crippen molar-refractivity contribution in [1.82, 2.24) is 0 Å². The number of thioether (sulfide) groups is 2. The third kappa shape index (κ3) is 2.09. The Morgan fingerprint density at radius 2 is 2.40 bits per heavy atom. The molecule has 0 aromatic rings. The van der Waals surface area contributed by atoms with E-state index in [1.54, 1.807) is 11.8 Å². The quantitative estimate of drug-likeness (QED) is 0.560. The first-order valence-corrected chi connectivity index (χ1v) is 5.32. The summed E-state index contributed by atoms with van der Waals surface area (Å²) in [6, 6.07) is 0. The molecule has 1 rings (SSSR count). The van der Waals surface area contributed by atoms with E-state index in [0.717, 1.165) is 17.3 Å². The lowest BCUT2D eigenvalue weighted by Crippen LogP contribution is -2.25. The molecule has 1 heterocycles. The summed E-state index contributed by atoms with van der Waals surface area (Å²) < 4.78 is 4.62. The van der Waals surface area contributed by atoms with Gasteiger partial charge in [-0.3, -0.25) is 4.79 Å². The van der Waals surface area contributed by atoms with Crippen molar-refractivity contribution in [3.05, 3.63) is 0 Å². The highest BCUT2D eigenvalue weighted by Crippen LogP contribution is 2.24. The lowest BCUT2D eigenvalue weighted by Gasteiger charge is -2.17. The van der Waals surface area contributed by atoms with E-state index in [1.807, 2.05) is 11.8 Å². The van der Waals surface area contributed by atoms with E-state index < -0.39 is 0 Å². The van der Waals surface area contributed by atoms with E-state index in [0.29, 0.717) is 0 Å². The molecule has 1 fully saturated rings. The van der Waals surface area contributed by atoms with Gasteiger partial charge in [-0.1, -0.05) is 0 Å². The summed E-state index contributed by atoms with van der Waals surface area (Å²) in [5.74, 6) is 3.08. The summed E-state index contributed by atoms with van der Waals surface area (Å²) in [6.45, 7) is 0. The highest BCUT2D eigenvalue weighted by atomic mass is 32.2. The fourth-order valence-electron chi connectivity index (χ4n) is 0.755. The molecule has 10 heavy (non-hydrogen) atoms. The average Bonchev–Trinajstić information content (AvgIpc) is 2.05. The molecule has 0 radical (unpaired) electrons. The fraction of sp³-hybridized carbons (Fsp3) is 0.833. The standard InChI is InChI=1S/C6H10O2S2/c1-8-6(7)5-4-9-2-3-10-5/h5H,2-4H2,1H3. The molecular weight excluding hydrogens is 168 g/mol. The van der Waals surface area contributed by atoms with Crippen molar-refractivity contribution in [2.24, 2.45) is 0 Å². The van der Waals surface area contributed by atoms with Crippen LogP contribution >= 0.6 is 23.5 Å². The van der Waals surface area contributed by atoms with Gasteiger partial charge in [-0.2, -0.15) is 11.8 Å². The van der Waals surface area contributed by atoms with E-state index >= 15 is 0 Å². The molecule has 1 atom stereocenters. The SMILES string of the molecule is COC(=O)C1CSCCS1. The monoisotopic (exact) mass is 178 g/mol. The Morgan fingerprint density at radius 3 is 2.90 bits per heavy atom. The zero-order valence-corrected chi connectivity index (χ0v) is 7.46. The predicted molar refractivity (Wildman–Crippen MR) is 45.6 cm³/mol. The van der Waals surface area contributed by atoms with Crippen molar-refractivity contribution in [1.29, 1.82) is 0 Å². The smallest absolute Gasteiger partial charge is 0.319 e. The molecule has 1 unspecified atom stereocenters. The van der Waals surface area contributed by atoms with Gasteiger partial charge >= 0.3 is 5.97 Å². The number of rotatable bonds is 1. The summed E-state index contributed by atoms with van der Waals surface area (Å²) >= 11 is 3.53. The number of methoxy groups -OCH3 is 1. The van der Waals surface area contributed by atoms with Gasteiger partial charge in [0.25, 0.3) is 0 Å². The van der Waals surface area contributed by atoms with Crippen LogP contribution in [-0.2, 0) is 9.53 Å². The Bertz CT molecular complexity index is 121. The average molecular weight is 178 g/mol. The second-order valence-corrected chi connectivity index (χ2v) is 4.42. The fourth-order valence-corrected chi connectivity index (χ4v) is 3.32. The van der Waals surface area contributed by atoms with E-state index in [1.165, 1.54) is 7.11 Å². The summed E-state index contributed by atoms with van der Waals surface area (Å²) in [5.41, 5.74) is 0. The van der Waals surface area contributed by atoms with Crippen molar-refractivity contribution in [2.45, 2.75) is 5.25 Å². The van der Waals surface area contributed by atoms with Crippen LogP contribution in [-0.4, -0.2) is 35.6 Å². The van der Waals surface area contributed by atoms with Gasteiger partial charge in [0.2, 0.25) is 0 Å². The number of carbonyl (C=O) groups excluding carboxylic acids is 1. The largest absolute Gasteiger partial charge is 0.468 e. The molecule has 0 bridgehead atoms. The molecule has 1 aliphatic heterocycles.